The minimum Gasteiger partial charge on any atom is -0.379 e. The lowest BCUT2D eigenvalue weighted by atomic mass is 10.1. The van der Waals surface area contributed by atoms with Gasteiger partial charge in [-0.15, -0.1) is 0 Å². The van der Waals surface area contributed by atoms with Gasteiger partial charge in [0.05, 0.1) is 6.42 Å². The Morgan fingerprint density at radius 3 is 2.83 bits per heavy atom. The summed E-state index contributed by atoms with van der Waals surface area (Å²) in [6.07, 6.45) is 0.0444. The first-order chi connectivity index (χ1) is 8.56. The number of aryl methyl sites for hydroxylation is 2. The van der Waals surface area contributed by atoms with E-state index in [0.717, 1.165) is 16.8 Å². The maximum Gasteiger partial charge on any atom is 0.230 e. The molecule has 6 nitrogen and oxygen atoms in total. The van der Waals surface area contributed by atoms with Crippen molar-refractivity contribution in [2.75, 3.05) is 11.1 Å². The second-order valence-corrected chi connectivity index (χ2v) is 4.14. The van der Waals surface area contributed by atoms with E-state index in [1.165, 1.54) is 0 Å². The smallest absolute Gasteiger partial charge is 0.230 e. The molecule has 1 amide bonds. The van der Waals surface area contributed by atoms with Gasteiger partial charge in [-0.2, -0.15) is 0 Å². The van der Waals surface area contributed by atoms with Gasteiger partial charge in [-0.1, -0.05) is 17.3 Å². The molecule has 1 aromatic heterocycles. The summed E-state index contributed by atoms with van der Waals surface area (Å²) in [5.41, 5.74) is 8.70. The molecule has 0 spiro atoms. The van der Waals surface area contributed by atoms with Crippen molar-refractivity contribution in [3.63, 3.8) is 0 Å². The molecule has 1 aromatic carbocycles. The maximum absolute atomic E-state index is 11.8. The van der Waals surface area contributed by atoms with Gasteiger partial charge in [0.2, 0.25) is 5.91 Å². The average molecular weight is 246 g/mol. The van der Waals surface area contributed by atoms with E-state index < -0.39 is 0 Å². The number of benzene rings is 1. The van der Waals surface area contributed by atoms with Crippen LogP contribution in [0.15, 0.2) is 22.8 Å². The zero-order valence-corrected chi connectivity index (χ0v) is 10.2. The number of hydrogen-bond acceptors (Lipinski definition) is 5. The summed E-state index contributed by atoms with van der Waals surface area (Å²) in [6.45, 7) is 3.90. The SMILES string of the molecule is Cc1ccc(C)c(NC(=O)Cc2nonc2N)c1. The van der Waals surface area contributed by atoms with Crippen LogP contribution in [0, 0.1) is 13.8 Å². The molecular formula is C12H14N4O2. The van der Waals surface area contributed by atoms with E-state index >= 15 is 0 Å². The van der Waals surface area contributed by atoms with E-state index in [2.05, 4.69) is 20.3 Å². The number of amides is 1. The fourth-order valence-corrected chi connectivity index (χ4v) is 1.55. The van der Waals surface area contributed by atoms with Crippen molar-refractivity contribution in [1.29, 1.82) is 0 Å². The Balaban J connectivity index is 2.08. The van der Waals surface area contributed by atoms with Crippen LogP contribution in [0.2, 0.25) is 0 Å². The van der Waals surface area contributed by atoms with Gasteiger partial charge in [-0.25, -0.2) is 4.63 Å². The van der Waals surface area contributed by atoms with E-state index in [0.29, 0.717) is 5.69 Å². The summed E-state index contributed by atoms with van der Waals surface area (Å²) < 4.78 is 4.43. The molecule has 0 aliphatic carbocycles. The molecule has 0 saturated heterocycles. The Labute approximate surface area is 104 Å². The molecule has 0 saturated carbocycles. The van der Waals surface area contributed by atoms with E-state index in [1.807, 2.05) is 32.0 Å². The van der Waals surface area contributed by atoms with Gasteiger partial charge in [-0.05, 0) is 36.2 Å². The second kappa shape index (κ2) is 4.87. The molecule has 3 N–H and O–H groups in total. The molecular weight excluding hydrogens is 232 g/mol. The predicted molar refractivity (Wildman–Crippen MR) is 67.0 cm³/mol. The van der Waals surface area contributed by atoms with Crippen LogP contribution in [0.3, 0.4) is 0 Å². The molecule has 2 aromatic rings. The van der Waals surface area contributed by atoms with E-state index in [1.54, 1.807) is 0 Å². The minimum atomic E-state index is -0.203. The Morgan fingerprint density at radius 1 is 1.39 bits per heavy atom. The third-order valence-corrected chi connectivity index (χ3v) is 2.58. The quantitative estimate of drug-likeness (QED) is 0.854. The highest BCUT2D eigenvalue weighted by Gasteiger charge is 2.12. The molecule has 0 radical (unpaired) electrons. The number of carbonyl (C=O) groups excluding carboxylic acids is 1. The Morgan fingerprint density at radius 2 is 2.17 bits per heavy atom. The number of nitrogens with zero attached hydrogens (tertiary/aromatic N) is 2. The highest BCUT2D eigenvalue weighted by atomic mass is 16.6. The van der Waals surface area contributed by atoms with Gasteiger partial charge in [0.15, 0.2) is 5.82 Å². The molecule has 0 atom stereocenters. The molecule has 0 unspecified atom stereocenters. The fraction of sp³-hybridized carbons (Fsp3) is 0.250. The largest absolute Gasteiger partial charge is 0.379 e. The first kappa shape index (κ1) is 12.1. The lowest BCUT2D eigenvalue weighted by molar-refractivity contribution is -0.115. The minimum absolute atomic E-state index is 0.0444. The predicted octanol–water partition coefficient (Wildman–Crippen LogP) is 1.45. The lowest BCUT2D eigenvalue weighted by Crippen LogP contribution is -2.16. The van der Waals surface area contributed by atoms with Crippen molar-refractivity contribution in [3.05, 3.63) is 35.0 Å². The Hall–Kier alpha value is -2.37. The zero-order valence-electron chi connectivity index (χ0n) is 10.2. The van der Waals surface area contributed by atoms with Gasteiger partial charge in [0.1, 0.15) is 5.69 Å². The van der Waals surface area contributed by atoms with Crippen LogP contribution in [0.1, 0.15) is 16.8 Å². The standard InChI is InChI=1S/C12H14N4O2/c1-7-3-4-8(2)9(5-7)14-11(17)6-10-12(13)16-18-15-10/h3-5H,6H2,1-2H3,(H2,13,16)(H,14,17). The summed E-state index contributed by atoms with van der Waals surface area (Å²) in [6, 6.07) is 5.86. The number of anilines is 2. The first-order valence-electron chi connectivity index (χ1n) is 5.50. The van der Waals surface area contributed by atoms with Crippen molar-refractivity contribution in [2.45, 2.75) is 20.3 Å². The molecule has 18 heavy (non-hydrogen) atoms. The Kier molecular flexibility index (Phi) is 3.27. The fourth-order valence-electron chi connectivity index (χ4n) is 1.55. The first-order valence-corrected chi connectivity index (χ1v) is 5.50. The van der Waals surface area contributed by atoms with Gasteiger partial charge in [-0.3, -0.25) is 4.79 Å². The molecule has 2 rings (SSSR count). The highest BCUT2D eigenvalue weighted by Crippen LogP contribution is 2.17. The number of hydrogen-bond donors (Lipinski definition) is 2. The molecule has 6 heteroatoms. The van der Waals surface area contributed by atoms with E-state index in [9.17, 15) is 4.79 Å². The lowest BCUT2D eigenvalue weighted by Gasteiger charge is -2.08. The van der Waals surface area contributed by atoms with Gasteiger partial charge in [0.25, 0.3) is 0 Å². The molecule has 0 bridgehead atoms. The van der Waals surface area contributed by atoms with Crippen molar-refractivity contribution in [1.82, 2.24) is 10.3 Å². The van der Waals surface area contributed by atoms with Gasteiger partial charge >= 0.3 is 0 Å². The molecule has 0 aliphatic rings. The third-order valence-electron chi connectivity index (χ3n) is 2.58. The number of carbonyl (C=O) groups is 1. The van der Waals surface area contributed by atoms with Crippen LogP contribution in [-0.4, -0.2) is 16.2 Å². The summed E-state index contributed by atoms with van der Waals surface area (Å²) in [7, 11) is 0. The monoisotopic (exact) mass is 246 g/mol. The van der Waals surface area contributed by atoms with E-state index in [4.69, 9.17) is 5.73 Å². The van der Waals surface area contributed by atoms with Crippen LogP contribution < -0.4 is 11.1 Å². The Bertz CT molecular complexity index is 577. The van der Waals surface area contributed by atoms with Crippen LogP contribution in [0.25, 0.3) is 0 Å². The van der Waals surface area contributed by atoms with Crippen molar-refractivity contribution >= 4 is 17.4 Å². The summed E-state index contributed by atoms with van der Waals surface area (Å²) in [5.74, 6) is -0.0581. The van der Waals surface area contributed by atoms with Gasteiger partial charge < -0.3 is 11.1 Å². The molecule has 0 aliphatic heterocycles. The van der Waals surface area contributed by atoms with Crippen molar-refractivity contribution in [3.8, 4) is 0 Å². The number of nitrogens with one attached hydrogen (secondary N) is 1. The van der Waals surface area contributed by atoms with Crippen LogP contribution in [0.5, 0.6) is 0 Å². The second-order valence-electron chi connectivity index (χ2n) is 4.14. The van der Waals surface area contributed by atoms with E-state index in [-0.39, 0.29) is 18.1 Å². The zero-order chi connectivity index (χ0) is 13.1. The van der Waals surface area contributed by atoms with Crippen LogP contribution >= 0.6 is 0 Å². The number of nitrogen functional groups attached to an aromatic ring is 1. The van der Waals surface area contributed by atoms with Crippen LogP contribution in [0.4, 0.5) is 11.5 Å². The number of aromatic nitrogens is 2. The maximum atomic E-state index is 11.8. The average Bonchev–Trinajstić information content (AvgIpc) is 2.70. The van der Waals surface area contributed by atoms with Gasteiger partial charge in [0, 0.05) is 5.69 Å². The molecule has 94 valence electrons. The van der Waals surface area contributed by atoms with Crippen molar-refractivity contribution in [2.24, 2.45) is 0 Å². The van der Waals surface area contributed by atoms with Crippen molar-refractivity contribution < 1.29 is 9.42 Å². The number of rotatable bonds is 3. The number of nitrogens with two attached hydrogens (primary N) is 1. The molecule has 0 fully saturated rings. The third kappa shape index (κ3) is 2.65. The topological polar surface area (TPSA) is 94.0 Å². The highest BCUT2D eigenvalue weighted by molar-refractivity contribution is 5.93. The summed E-state index contributed by atoms with van der Waals surface area (Å²) in [4.78, 5) is 11.8. The normalized spacial score (nSPS) is 10.3. The summed E-state index contributed by atoms with van der Waals surface area (Å²) in [5, 5.41) is 9.80. The summed E-state index contributed by atoms with van der Waals surface area (Å²) >= 11 is 0. The van der Waals surface area contributed by atoms with Crippen LogP contribution in [-0.2, 0) is 11.2 Å². The molecule has 1 heterocycles.